The molecule has 0 aliphatic carbocycles. The number of nitrogens with one attached hydrogen (secondary N) is 1. The summed E-state index contributed by atoms with van der Waals surface area (Å²) in [5, 5.41) is 7.52. The highest BCUT2D eigenvalue weighted by Gasteiger charge is 2.17. The molecule has 3 rings (SSSR count). The van der Waals surface area contributed by atoms with E-state index in [2.05, 4.69) is 20.5 Å². The molecule has 0 spiro atoms. The van der Waals surface area contributed by atoms with Gasteiger partial charge in [0.2, 0.25) is 0 Å². The monoisotopic (exact) mass is 255 g/mol. The summed E-state index contributed by atoms with van der Waals surface area (Å²) in [4.78, 5) is 6.67. The van der Waals surface area contributed by atoms with Crippen molar-refractivity contribution in [3.63, 3.8) is 0 Å². The number of fused-ring (bicyclic) bond motifs is 1. The lowest BCUT2D eigenvalue weighted by atomic mass is 10.1. The van der Waals surface area contributed by atoms with Crippen LogP contribution in [0, 0.1) is 12.3 Å². The highest BCUT2D eigenvalue weighted by atomic mass is 15.2. The minimum Gasteiger partial charge on any atom is -0.384 e. The van der Waals surface area contributed by atoms with Crippen molar-refractivity contribution in [2.45, 2.75) is 20.0 Å². The lowest BCUT2D eigenvalue weighted by molar-refractivity contribution is 0.560. The second kappa shape index (κ2) is 4.42. The third-order valence-electron chi connectivity index (χ3n) is 3.61. The third-order valence-corrected chi connectivity index (χ3v) is 3.61. The predicted molar refractivity (Wildman–Crippen MR) is 75.5 cm³/mol. The number of amidine groups is 1. The van der Waals surface area contributed by atoms with Gasteiger partial charge in [-0.2, -0.15) is 0 Å². The Hall–Kier alpha value is -2.30. The summed E-state index contributed by atoms with van der Waals surface area (Å²) in [7, 11) is 0. The van der Waals surface area contributed by atoms with Crippen molar-refractivity contribution in [3.05, 3.63) is 47.5 Å². The smallest absolute Gasteiger partial charge is 0.128 e. The molecule has 3 N–H and O–H groups in total. The van der Waals surface area contributed by atoms with E-state index in [9.17, 15) is 0 Å². The number of nitrogens with two attached hydrogens (primary N) is 1. The van der Waals surface area contributed by atoms with Crippen LogP contribution in [-0.4, -0.2) is 21.9 Å². The van der Waals surface area contributed by atoms with Crippen LogP contribution in [0.15, 0.2) is 30.6 Å². The minimum absolute atomic E-state index is 0.123. The normalized spacial score (nSPS) is 14.3. The fourth-order valence-corrected chi connectivity index (χ4v) is 2.54. The fourth-order valence-electron chi connectivity index (χ4n) is 2.54. The van der Waals surface area contributed by atoms with Gasteiger partial charge in [-0.1, -0.05) is 0 Å². The third kappa shape index (κ3) is 2.07. The number of aryl methyl sites for hydroxylation is 1. The van der Waals surface area contributed by atoms with Crippen molar-refractivity contribution in [2.24, 2.45) is 5.73 Å². The molecule has 2 heterocycles. The number of rotatable bonds is 2. The number of nitrogen functional groups attached to an aromatic ring is 1. The van der Waals surface area contributed by atoms with Gasteiger partial charge >= 0.3 is 0 Å². The molecule has 0 saturated heterocycles. The van der Waals surface area contributed by atoms with E-state index in [1.807, 2.05) is 31.5 Å². The summed E-state index contributed by atoms with van der Waals surface area (Å²) in [5.41, 5.74) is 8.56. The van der Waals surface area contributed by atoms with Gasteiger partial charge in [-0.25, -0.2) is 4.98 Å². The van der Waals surface area contributed by atoms with E-state index in [1.54, 1.807) is 0 Å². The largest absolute Gasteiger partial charge is 0.384 e. The first-order valence-corrected chi connectivity index (χ1v) is 6.35. The number of imidazole rings is 1. The lowest BCUT2D eigenvalue weighted by Gasteiger charge is -2.30. The maximum Gasteiger partial charge on any atom is 0.128 e. The summed E-state index contributed by atoms with van der Waals surface area (Å²) in [6.07, 6.45) is 3.87. The summed E-state index contributed by atoms with van der Waals surface area (Å²) in [6, 6.07) is 6.05. The Bertz CT molecular complexity index is 629. The van der Waals surface area contributed by atoms with Crippen LogP contribution in [0.25, 0.3) is 0 Å². The summed E-state index contributed by atoms with van der Waals surface area (Å²) in [6.45, 7) is 4.75. The molecule has 1 aromatic heterocycles. The van der Waals surface area contributed by atoms with Crippen LogP contribution in [0.5, 0.6) is 0 Å². The average Bonchev–Trinajstić information content (AvgIpc) is 2.85. The van der Waals surface area contributed by atoms with Crippen molar-refractivity contribution in [1.82, 2.24) is 9.55 Å². The fraction of sp³-hybridized carbons (Fsp3) is 0.286. The molecule has 0 atom stereocenters. The molecule has 0 amide bonds. The summed E-state index contributed by atoms with van der Waals surface area (Å²) >= 11 is 0. The SMILES string of the molecule is Cc1cc(N2CCn3ccnc3C2)ccc1C(=N)N. The van der Waals surface area contributed by atoms with E-state index in [4.69, 9.17) is 11.1 Å². The van der Waals surface area contributed by atoms with Crippen LogP contribution in [0.4, 0.5) is 5.69 Å². The number of anilines is 1. The van der Waals surface area contributed by atoms with Crippen molar-refractivity contribution >= 4 is 11.5 Å². The molecular weight excluding hydrogens is 238 g/mol. The van der Waals surface area contributed by atoms with Crippen LogP contribution in [0.1, 0.15) is 17.0 Å². The molecule has 0 radical (unpaired) electrons. The number of hydrogen-bond donors (Lipinski definition) is 2. The Morgan fingerprint density at radius 3 is 2.95 bits per heavy atom. The van der Waals surface area contributed by atoms with Crippen molar-refractivity contribution in [1.29, 1.82) is 5.41 Å². The van der Waals surface area contributed by atoms with E-state index < -0.39 is 0 Å². The van der Waals surface area contributed by atoms with Gasteiger partial charge in [0, 0.05) is 36.7 Å². The Labute approximate surface area is 112 Å². The van der Waals surface area contributed by atoms with Crippen molar-refractivity contribution in [2.75, 3.05) is 11.4 Å². The van der Waals surface area contributed by atoms with Crippen LogP contribution in [-0.2, 0) is 13.1 Å². The van der Waals surface area contributed by atoms with Gasteiger partial charge in [-0.05, 0) is 30.7 Å². The minimum atomic E-state index is 0.123. The van der Waals surface area contributed by atoms with Crippen LogP contribution in [0.3, 0.4) is 0 Å². The first kappa shape index (κ1) is 11.8. The molecule has 19 heavy (non-hydrogen) atoms. The van der Waals surface area contributed by atoms with Gasteiger partial charge < -0.3 is 15.2 Å². The maximum atomic E-state index is 7.52. The quantitative estimate of drug-likeness (QED) is 0.631. The second-order valence-electron chi connectivity index (χ2n) is 4.87. The predicted octanol–water partition coefficient (Wildman–Crippen LogP) is 1.50. The maximum absolute atomic E-state index is 7.52. The molecule has 0 unspecified atom stereocenters. The topological polar surface area (TPSA) is 70.9 Å². The molecule has 1 aromatic carbocycles. The number of hydrogen-bond acceptors (Lipinski definition) is 3. The molecule has 5 heteroatoms. The van der Waals surface area contributed by atoms with E-state index in [1.165, 1.54) is 0 Å². The first-order chi connectivity index (χ1) is 9.15. The van der Waals surface area contributed by atoms with E-state index in [-0.39, 0.29) is 5.84 Å². The zero-order valence-corrected chi connectivity index (χ0v) is 10.9. The zero-order valence-electron chi connectivity index (χ0n) is 10.9. The van der Waals surface area contributed by atoms with Gasteiger partial charge in [0.25, 0.3) is 0 Å². The van der Waals surface area contributed by atoms with Gasteiger partial charge in [0.1, 0.15) is 11.7 Å². The Balaban J connectivity index is 1.88. The molecule has 0 bridgehead atoms. The molecule has 0 fully saturated rings. The van der Waals surface area contributed by atoms with Gasteiger partial charge in [0.05, 0.1) is 6.54 Å². The van der Waals surface area contributed by atoms with E-state index in [0.29, 0.717) is 0 Å². The van der Waals surface area contributed by atoms with Crippen molar-refractivity contribution in [3.8, 4) is 0 Å². The van der Waals surface area contributed by atoms with Crippen LogP contribution >= 0.6 is 0 Å². The highest BCUT2D eigenvalue weighted by molar-refractivity contribution is 5.96. The standard InChI is InChI=1S/C14H17N5/c1-10-8-11(2-3-12(10)14(15)16)19-7-6-18-5-4-17-13(18)9-19/h2-5,8H,6-7,9H2,1H3,(H3,15,16). The molecule has 1 aliphatic rings. The average molecular weight is 255 g/mol. The summed E-state index contributed by atoms with van der Waals surface area (Å²) < 4.78 is 2.19. The summed E-state index contributed by atoms with van der Waals surface area (Å²) in [5.74, 6) is 1.22. The van der Waals surface area contributed by atoms with Crippen LogP contribution in [0.2, 0.25) is 0 Å². The first-order valence-electron chi connectivity index (χ1n) is 6.35. The molecular formula is C14H17N5. The molecule has 1 aliphatic heterocycles. The van der Waals surface area contributed by atoms with Crippen LogP contribution < -0.4 is 10.6 Å². The molecule has 2 aromatic rings. The Morgan fingerprint density at radius 1 is 1.37 bits per heavy atom. The molecule has 0 saturated carbocycles. The highest BCUT2D eigenvalue weighted by Crippen LogP contribution is 2.23. The second-order valence-corrected chi connectivity index (χ2v) is 4.87. The lowest BCUT2D eigenvalue weighted by Crippen LogP contribution is -2.33. The number of nitrogens with zero attached hydrogens (tertiary/aromatic N) is 3. The molecule has 98 valence electrons. The van der Waals surface area contributed by atoms with Gasteiger partial charge in [0.15, 0.2) is 0 Å². The van der Waals surface area contributed by atoms with E-state index >= 15 is 0 Å². The van der Waals surface area contributed by atoms with E-state index in [0.717, 1.165) is 42.3 Å². The van der Waals surface area contributed by atoms with Crippen molar-refractivity contribution < 1.29 is 0 Å². The molecule has 5 nitrogen and oxygen atoms in total. The Kier molecular flexibility index (Phi) is 2.74. The number of benzene rings is 1. The zero-order chi connectivity index (χ0) is 13.4. The Morgan fingerprint density at radius 2 is 2.21 bits per heavy atom. The van der Waals surface area contributed by atoms with Gasteiger partial charge in [-0.15, -0.1) is 0 Å². The number of aromatic nitrogens is 2. The van der Waals surface area contributed by atoms with Gasteiger partial charge in [-0.3, -0.25) is 5.41 Å².